The second-order valence-corrected chi connectivity index (χ2v) is 8.40. The van der Waals surface area contributed by atoms with E-state index in [0.29, 0.717) is 6.54 Å². The molecule has 4 nitrogen and oxygen atoms in total. The monoisotopic (exact) mass is 360 g/mol. The summed E-state index contributed by atoms with van der Waals surface area (Å²) in [5.41, 5.74) is 2.98. The summed E-state index contributed by atoms with van der Waals surface area (Å²) in [7, 11) is -3.38. The van der Waals surface area contributed by atoms with Gasteiger partial charge in [0.2, 0.25) is 10.0 Å². The van der Waals surface area contributed by atoms with Crippen molar-refractivity contribution in [3.05, 3.63) is 71.3 Å². The zero-order valence-corrected chi connectivity index (χ0v) is 16.1. The van der Waals surface area contributed by atoms with Gasteiger partial charge in [0.05, 0.1) is 5.75 Å². The summed E-state index contributed by atoms with van der Waals surface area (Å²) in [6, 6.07) is 17.4. The highest BCUT2D eigenvalue weighted by atomic mass is 32.2. The van der Waals surface area contributed by atoms with Crippen LogP contribution in [0.4, 0.5) is 0 Å². The summed E-state index contributed by atoms with van der Waals surface area (Å²) in [4.78, 5) is 0. The maximum atomic E-state index is 12.9. The fraction of sp³-hybridized carbons (Fsp3) is 0.400. The minimum absolute atomic E-state index is 0.0273. The Labute approximate surface area is 151 Å². The van der Waals surface area contributed by atoms with Crippen molar-refractivity contribution in [3.63, 3.8) is 0 Å². The Balaban J connectivity index is 2.11. The third-order valence-corrected chi connectivity index (χ3v) is 6.03. The third-order valence-electron chi connectivity index (χ3n) is 4.07. The Morgan fingerprint density at radius 2 is 1.52 bits per heavy atom. The van der Waals surface area contributed by atoms with Crippen LogP contribution in [-0.2, 0) is 28.9 Å². The number of rotatable bonds is 9. The van der Waals surface area contributed by atoms with Crippen molar-refractivity contribution in [3.8, 4) is 0 Å². The summed E-state index contributed by atoms with van der Waals surface area (Å²) >= 11 is 0. The molecule has 1 N–H and O–H groups in total. The lowest BCUT2D eigenvalue weighted by Crippen LogP contribution is -2.37. The van der Waals surface area contributed by atoms with Gasteiger partial charge >= 0.3 is 0 Å². The zero-order valence-electron chi connectivity index (χ0n) is 15.3. The van der Waals surface area contributed by atoms with E-state index in [1.54, 1.807) is 4.31 Å². The molecule has 5 heteroatoms. The highest BCUT2D eigenvalue weighted by molar-refractivity contribution is 7.88. The third kappa shape index (κ3) is 5.96. The molecule has 0 bridgehead atoms. The molecule has 0 aliphatic rings. The SMILES string of the molecule is CCNCc1ccc(CS(=O)(=O)N(Cc2ccccc2)C(C)C)cc1. The van der Waals surface area contributed by atoms with Crippen molar-refractivity contribution in [2.75, 3.05) is 6.54 Å². The van der Waals surface area contributed by atoms with Crippen LogP contribution < -0.4 is 5.32 Å². The largest absolute Gasteiger partial charge is 0.313 e. The first-order valence-corrected chi connectivity index (χ1v) is 10.3. The van der Waals surface area contributed by atoms with E-state index in [-0.39, 0.29) is 11.8 Å². The number of sulfonamides is 1. The van der Waals surface area contributed by atoms with E-state index in [4.69, 9.17) is 0 Å². The standard InChI is InChI=1S/C20H28N2O2S/c1-4-21-14-18-10-12-20(13-11-18)16-25(23,24)22(17(2)3)15-19-8-6-5-7-9-19/h5-13,17,21H,4,14-16H2,1-3H3. The van der Waals surface area contributed by atoms with E-state index in [1.807, 2.05) is 68.4 Å². The molecule has 2 rings (SSSR count). The van der Waals surface area contributed by atoms with E-state index in [9.17, 15) is 8.42 Å². The van der Waals surface area contributed by atoms with Crippen LogP contribution in [0.25, 0.3) is 0 Å². The van der Waals surface area contributed by atoms with Crippen LogP contribution in [-0.4, -0.2) is 25.3 Å². The van der Waals surface area contributed by atoms with Crippen LogP contribution >= 0.6 is 0 Å². The van der Waals surface area contributed by atoms with Crippen molar-refractivity contribution in [1.29, 1.82) is 0 Å². The van der Waals surface area contributed by atoms with Gasteiger partial charge in [-0.15, -0.1) is 0 Å². The fourth-order valence-electron chi connectivity index (χ4n) is 2.68. The second-order valence-electron chi connectivity index (χ2n) is 6.48. The molecule has 136 valence electrons. The molecule has 0 aliphatic carbocycles. The van der Waals surface area contributed by atoms with E-state index < -0.39 is 10.0 Å². The van der Waals surface area contributed by atoms with Gasteiger partial charge in [0, 0.05) is 19.1 Å². The molecule has 0 saturated heterocycles. The molecule has 0 aromatic heterocycles. The van der Waals surface area contributed by atoms with Gasteiger partial charge in [0.25, 0.3) is 0 Å². The molecule has 0 radical (unpaired) electrons. The van der Waals surface area contributed by atoms with Gasteiger partial charge in [-0.05, 0) is 37.1 Å². The average molecular weight is 361 g/mol. The first-order chi connectivity index (χ1) is 11.9. The van der Waals surface area contributed by atoms with Gasteiger partial charge in [0.15, 0.2) is 0 Å². The van der Waals surface area contributed by atoms with E-state index in [0.717, 1.165) is 29.8 Å². The van der Waals surface area contributed by atoms with Crippen LogP contribution in [0.1, 0.15) is 37.5 Å². The first kappa shape index (κ1) is 19.6. The van der Waals surface area contributed by atoms with Crippen molar-refractivity contribution in [2.45, 2.75) is 45.7 Å². The van der Waals surface area contributed by atoms with E-state index >= 15 is 0 Å². The molecule has 25 heavy (non-hydrogen) atoms. The molecule has 0 aliphatic heterocycles. The summed E-state index contributed by atoms with van der Waals surface area (Å²) in [5.74, 6) is 0.0273. The summed E-state index contributed by atoms with van der Waals surface area (Å²) in [5, 5.41) is 3.27. The average Bonchev–Trinajstić information content (AvgIpc) is 2.59. The minimum atomic E-state index is -3.38. The maximum Gasteiger partial charge on any atom is 0.218 e. The van der Waals surface area contributed by atoms with Crippen LogP contribution in [0.3, 0.4) is 0 Å². The zero-order chi connectivity index (χ0) is 18.3. The minimum Gasteiger partial charge on any atom is -0.313 e. The number of nitrogens with one attached hydrogen (secondary N) is 1. The molecule has 0 atom stereocenters. The highest BCUT2D eigenvalue weighted by Crippen LogP contribution is 2.18. The summed E-state index contributed by atoms with van der Waals surface area (Å²) < 4.78 is 27.4. The topological polar surface area (TPSA) is 49.4 Å². The van der Waals surface area contributed by atoms with Crippen LogP contribution in [0, 0.1) is 0 Å². The Morgan fingerprint density at radius 1 is 0.920 bits per heavy atom. The van der Waals surface area contributed by atoms with E-state index in [1.165, 1.54) is 0 Å². The lowest BCUT2D eigenvalue weighted by atomic mass is 10.1. The Morgan fingerprint density at radius 3 is 2.08 bits per heavy atom. The van der Waals surface area contributed by atoms with Gasteiger partial charge in [-0.1, -0.05) is 61.5 Å². The summed E-state index contributed by atoms with van der Waals surface area (Å²) in [6.07, 6.45) is 0. The van der Waals surface area contributed by atoms with Crippen molar-refractivity contribution < 1.29 is 8.42 Å². The summed E-state index contributed by atoms with van der Waals surface area (Å²) in [6.45, 7) is 8.02. The molecule has 0 amide bonds. The Bertz CT molecular complexity index is 741. The van der Waals surface area contributed by atoms with Gasteiger partial charge in [-0.3, -0.25) is 0 Å². The molecule has 0 spiro atoms. The molecular formula is C20H28N2O2S. The van der Waals surface area contributed by atoms with Gasteiger partial charge in [-0.25, -0.2) is 8.42 Å². The Kier molecular flexibility index (Phi) is 7.17. The first-order valence-electron chi connectivity index (χ1n) is 8.74. The molecular weight excluding hydrogens is 332 g/mol. The van der Waals surface area contributed by atoms with Gasteiger partial charge < -0.3 is 5.32 Å². The van der Waals surface area contributed by atoms with Crippen molar-refractivity contribution in [1.82, 2.24) is 9.62 Å². The highest BCUT2D eigenvalue weighted by Gasteiger charge is 2.25. The van der Waals surface area contributed by atoms with Gasteiger partial charge in [-0.2, -0.15) is 4.31 Å². The molecule has 2 aromatic rings. The lowest BCUT2D eigenvalue weighted by molar-refractivity contribution is 0.347. The van der Waals surface area contributed by atoms with Crippen molar-refractivity contribution >= 4 is 10.0 Å². The number of hydrogen-bond acceptors (Lipinski definition) is 3. The van der Waals surface area contributed by atoms with Crippen molar-refractivity contribution in [2.24, 2.45) is 0 Å². The van der Waals surface area contributed by atoms with Crippen LogP contribution in [0.15, 0.2) is 54.6 Å². The van der Waals surface area contributed by atoms with Crippen LogP contribution in [0.5, 0.6) is 0 Å². The number of benzene rings is 2. The Hall–Kier alpha value is -1.69. The molecule has 0 fully saturated rings. The predicted molar refractivity (Wildman–Crippen MR) is 104 cm³/mol. The molecule has 0 saturated carbocycles. The smallest absolute Gasteiger partial charge is 0.218 e. The van der Waals surface area contributed by atoms with Gasteiger partial charge in [0.1, 0.15) is 0 Å². The molecule has 2 aromatic carbocycles. The second kappa shape index (κ2) is 9.13. The predicted octanol–water partition coefficient (Wildman–Crippen LogP) is 3.54. The van der Waals surface area contributed by atoms with E-state index in [2.05, 4.69) is 12.2 Å². The number of nitrogens with zero attached hydrogens (tertiary/aromatic N) is 1. The lowest BCUT2D eigenvalue weighted by Gasteiger charge is -2.26. The maximum absolute atomic E-state index is 12.9. The molecule has 0 heterocycles. The normalized spacial score (nSPS) is 12.0. The quantitative estimate of drug-likeness (QED) is 0.744. The van der Waals surface area contributed by atoms with Crippen LogP contribution in [0.2, 0.25) is 0 Å². The molecule has 0 unspecified atom stereocenters. The number of hydrogen-bond donors (Lipinski definition) is 1. The fourth-order valence-corrected chi connectivity index (χ4v) is 4.45.